The number of nitrogens with zero attached hydrogens (tertiary/aromatic N) is 1. The highest BCUT2D eigenvalue weighted by Crippen LogP contribution is 2.24. The van der Waals surface area contributed by atoms with Crippen LogP contribution in [-0.4, -0.2) is 29.2 Å². The first-order valence-corrected chi connectivity index (χ1v) is 5.58. The van der Waals surface area contributed by atoms with Gasteiger partial charge in [0, 0.05) is 18.9 Å². The average Bonchev–Trinajstić information content (AvgIpc) is 2.23. The molecule has 0 spiro atoms. The van der Waals surface area contributed by atoms with E-state index in [-0.39, 0.29) is 11.7 Å². The molecule has 14 heavy (non-hydrogen) atoms. The molecule has 3 heteroatoms. The molecular formula is C11H17NO2. The lowest BCUT2D eigenvalue weighted by Gasteiger charge is -2.36. The molecule has 2 fully saturated rings. The van der Waals surface area contributed by atoms with Gasteiger partial charge in [0.25, 0.3) is 0 Å². The monoisotopic (exact) mass is 195 g/mol. The van der Waals surface area contributed by atoms with E-state index in [4.69, 9.17) is 0 Å². The maximum atomic E-state index is 11.6. The van der Waals surface area contributed by atoms with Crippen molar-refractivity contribution in [1.82, 2.24) is 4.90 Å². The van der Waals surface area contributed by atoms with Gasteiger partial charge in [0.1, 0.15) is 0 Å². The maximum absolute atomic E-state index is 11.6. The van der Waals surface area contributed by atoms with E-state index in [0.29, 0.717) is 25.4 Å². The van der Waals surface area contributed by atoms with Crippen LogP contribution in [0.5, 0.6) is 0 Å². The highest BCUT2D eigenvalue weighted by molar-refractivity contribution is 5.92. The summed E-state index contributed by atoms with van der Waals surface area (Å²) < 4.78 is 0. The average molecular weight is 195 g/mol. The van der Waals surface area contributed by atoms with Gasteiger partial charge >= 0.3 is 0 Å². The molecule has 1 heterocycles. The van der Waals surface area contributed by atoms with Crippen LogP contribution in [0.4, 0.5) is 0 Å². The Balaban J connectivity index is 1.99. The quantitative estimate of drug-likeness (QED) is 0.636. The Morgan fingerprint density at radius 1 is 1.00 bits per heavy atom. The summed E-state index contributed by atoms with van der Waals surface area (Å²) in [5.41, 5.74) is 0. The third-order valence-corrected chi connectivity index (χ3v) is 3.30. The molecule has 0 N–H and O–H groups in total. The number of likely N-dealkylation sites (tertiary alicyclic amines) is 1. The minimum atomic E-state index is 0.191. The van der Waals surface area contributed by atoms with Gasteiger partial charge in [-0.1, -0.05) is 19.3 Å². The topological polar surface area (TPSA) is 37.4 Å². The van der Waals surface area contributed by atoms with E-state index >= 15 is 0 Å². The van der Waals surface area contributed by atoms with Crippen molar-refractivity contribution in [1.29, 1.82) is 0 Å². The summed E-state index contributed by atoms with van der Waals surface area (Å²) in [6, 6.07) is 0.362. The number of carbonyl (C=O) groups excluding carboxylic acids is 2. The van der Waals surface area contributed by atoms with E-state index in [0.717, 1.165) is 12.8 Å². The highest BCUT2D eigenvalue weighted by atomic mass is 16.2. The molecule has 0 aromatic carbocycles. The van der Waals surface area contributed by atoms with E-state index in [9.17, 15) is 9.59 Å². The van der Waals surface area contributed by atoms with Gasteiger partial charge in [-0.3, -0.25) is 9.59 Å². The maximum Gasteiger partial charge on any atom is 0.223 e. The predicted octanol–water partition coefficient (Wildman–Crippen LogP) is 1.51. The molecule has 2 aliphatic rings. The van der Waals surface area contributed by atoms with E-state index in [1.165, 1.54) is 19.3 Å². The van der Waals surface area contributed by atoms with E-state index in [1.54, 1.807) is 0 Å². The lowest BCUT2D eigenvalue weighted by Crippen LogP contribution is -2.47. The number of piperidine rings is 1. The van der Waals surface area contributed by atoms with Crippen molar-refractivity contribution in [2.45, 2.75) is 51.0 Å². The molecule has 0 unspecified atom stereocenters. The zero-order valence-electron chi connectivity index (χ0n) is 8.50. The van der Waals surface area contributed by atoms with Crippen molar-refractivity contribution in [3.8, 4) is 0 Å². The Labute approximate surface area is 84.5 Å². The van der Waals surface area contributed by atoms with Crippen LogP contribution >= 0.6 is 0 Å². The first-order chi connectivity index (χ1) is 6.77. The van der Waals surface area contributed by atoms with Crippen molar-refractivity contribution < 1.29 is 9.59 Å². The number of amides is 1. The van der Waals surface area contributed by atoms with Gasteiger partial charge in [0.2, 0.25) is 5.91 Å². The summed E-state index contributed by atoms with van der Waals surface area (Å²) in [7, 11) is 0. The second kappa shape index (κ2) is 4.11. The smallest absolute Gasteiger partial charge is 0.223 e. The molecule has 2 rings (SSSR count). The molecule has 1 aliphatic carbocycles. The Morgan fingerprint density at radius 2 is 1.71 bits per heavy atom. The van der Waals surface area contributed by atoms with Gasteiger partial charge in [0.05, 0.1) is 6.54 Å². The Morgan fingerprint density at radius 3 is 2.43 bits per heavy atom. The first-order valence-electron chi connectivity index (χ1n) is 5.58. The van der Waals surface area contributed by atoms with E-state index < -0.39 is 0 Å². The number of carbonyl (C=O) groups is 2. The fourth-order valence-corrected chi connectivity index (χ4v) is 2.47. The summed E-state index contributed by atoms with van der Waals surface area (Å²) in [5.74, 6) is 0.423. The van der Waals surface area contributed by atoms with Crippen LogP contribution in [0.25, 0.3) is 0 Å². The van der Waals surface area contributed by atoms with Crippen molar-refractivity contribution in [3.63, 3.8) is 0 Å². The summed E-state index contributed by atoms with van der Waals surface area (Å²) in [5, 5.41) is 0. The van der Waals surface area contributed by atoms with Crippen LogP contribution in [0.3, 0.4) is 0 Å². The molecule has 0 aromatic heterocycles. The Kier molecular flexibility index (Phi) is 2.85. The second-order valence-electron chi connectivity index (χ2n) is 4.35. The number of hydrogen-bond donors (Lipinski definition) is 0. The van der Waals surface area contributed by atoms with Crippen LogP contribution in [-0.2, 0) is 9.59 Å². The summed E-state index contributed by atoms with van der Waals surface area (Å²) in [4.78, 5) is 24.7. The van der Waals surface area contributed by atoms with Crippen molar-refractivity contribution in [2.24, 2.45) is 0 Å². The molecule has 0 radical (unpaired) electrons. The van der Waals surface area contributed by atoms with Gasteiger partial charge < -0.3 is 4.90 Å². The molecule has 0 atom stereocenters. The van der Waals surface area contributed by atoms with E-state index in [2.05, 4.69) is 0 Å². The molecule has 0 bridgehead atoms. The molecule has 1 amide bonds. The van der Waals surface area contributed by atoms with Crippen molar-refractivity contribution in [2.75, 3.05) is 6.54 Å². The van der Waals surface area contributed by atoms with Crippen molar-refractivity contribution >= 4 is 11.7 Å². The molecule has 3 nitrogen and oxygen atoms in total. The van der Waals surface area contributed by atoms with Gasteiger partial charge in [-0.2, -0.15) is 0 Å². The highest BCUT2D eigenvalue weighted by Gasteiger charge is 2.30. The number of ketones is 1. The van der Waals surface area contributed by atoms with Crippen LogP contribution in [0.1, 0.15) is 44.9 Å². The fraction of sp³-hybridized carbons (Fsp3) is 0.818. The zero-order chi connectivity index (χ0) is 9.97. The SMILES string of the molecule is O=C1CCC(=O)N(C2CCCCC2)C1. The standard InChI is InChI=1S/C11H17NO2/c13-10-6-7-11(14)12(8-10)9-4-2-1-3-5-9/h9H,1-8H2. The summed E-state index contributed by atoms with van der Waals surface area (Å²) in [6.45, 7) is 0.378. The zero-order valence-corrected chi connectivity index (χ0v) is 8.50. The molecular weight excluding hydrogens is 178 g/mol. The minimum absolute atomic E-state index is 0.191. The second-order valence-corrected chi connectivity index (χ2v) is 4.35. The molecule has 1 saturated carbocycles. The fourth-order valence-electron chi connectivity index (χ4n) is 2.47. The largest absolute Gasteiger partial charge is 0.332 e. The van der Waals surface area contributed by atoms with Crippen LogP contribution in [0, 0.1) is 0 Å². The summed E-state index contributed by atoms with van der Waals surface area (Å²) >= 11 is 0. The lowest BCUT2D eigenvalue weighted by molar-refractivity contribution is -0.143. The molecule has 1 aliphatic heterocycles. The lowest BCUT2D eigenvalue weighted by atomic mass is 9.92. The molecule has 78 valence electrons. The third kappa shape index (κ3) is 1.97. The van der Waals surface area contributed by atoms with Gasteiger partial charge in [-0.15, -0.1) is 0 Å². The third-order valence-electron chi connectivity index (χ3n) is 3.30. The summed E-state index contributed by atoms with van der Waals surface area (Å²) in [6.07, 6.45) is 6.80. The van der Waals surface area contributed by atoms with Gasteiger partial charge in [-0.25, -0.2) is 0 Å². The minimum Gasteiger partial charge on any atom is -0.332 e. The van der Waals surface area contributed by atoms with Crippen LogP contribution in [0.15, 0.2) is 0 Å². The predicted molar refractivity (Wildman–Crippen MR) is 52.8 cm³/mol. The normalized spacial score (nSPS) is 25.6. The Hall–Kier alpha value is -0.860. The van der Waals surface area contributed by atoms with Crippen molar-refractivity contribution in [3.05, 3.63) is 0 Å². The van der Waals surface area contributed by atoms with Gasteiger partial charge in [0.15, 0.2) is 5.78 Å². The first kappa shape index (κ1) is 9.69. The number of hydrogen-bond acceptors (Lipinski definition) is 2. The van der Waals surface area contributed by atoms with Crippen LogP contribution in [0.2, 0.25) is 0 Å². The number of Topliss-reactive ketones (excluding diaryl/α,β-unsaturated/α-hetero) is 1. The number of rotatable bonds is 1. The van der Waals surface area contributed by atoms with E-state index in [1.807, 2.05) is 4.90 Å². The Bertz CT molecular complexity index is 244. The molecule has 1 saturated heterocycles. The van der Waals surface area contributed by atoms with Crippen LogP contribution < -0.4 is 0 Å². The molecule has 0 aromatic rings. The van der Waals surface area contributed by atoms with Gasteiger partial charge in [-0.05, 0) is 12.8 Å².